The molecule has 6 heteroatoms. The second kappa shape index (κ2) is 6.38. The number of morpholine rings is 1. The van der Waals surface area contributed by atoms with Crippen molar-refractivity contribution in [3.05, 3.63) is 29.8 Å². The minimum Gasteiger partial charge on any atom is -0.496 e. The Balaban J connectivity index is 2.12. The topological polar surface area (TPSA) is 76.1 Å². The first-order valence-corrected chi connectivity index (χ1v) is 6.35. The van der Waals surface area contributed by atoms with Crippen molar-refractivity contribution in [3.8, 4) is 5.75 Å². The Bertz CT molecular complexity index is 502. The summed E-state index contributed by atoms with van der Waals surface area (Å²) in [6, 6.07) is 6.30. The molecule has 0 unspecified atom stereocenters. The SMILES string of the molecule is COc1ccccc1CC(=O)N1CCOC[C@@H]1C(=O)O. The van der Waals surface area contributed by atoms with Gasteiger partial charge in [0.05, 0.1) is 26.7 Å². The summed E-state index contributed by atoms with van der Waals surface area (Å²) in [6.45, 7) is 0.694. The molecule has 0 radical (unpaired) electrons. The van der Waals surface area contributed by atoms with E-state index in [1.54, 1.807) is 12.1 Å². The summed E-state index contributed by atoms with van der Waals surface area (Å²) < 4.78 is 10.3. The Labute approximate surface area is 116 Å². The lowest BCUT2D eigenvalue weighted by Gasteiger charge is -2.33. The lowest BCUT2D eigenvalue weighted by molar-refractivity contribution is -0.158. The van der Waals surface area contributed by atoms with Crippen LogP contribution in [-0.4, -0.2) is 54.8 Å². The summed E-state index contributed by atoms with van der Waals surface area (Å²) >= 11 is 0. The third kappa shape index (κ3) is 3.08. The lowest BCUT2D eigenvalue weighted by Crippen LogP contribution is -2.53. The summed E-state index contributed by atoms with van der Waals surface area (Å²) in [5.41, 5.74) is 0.746. The van der Waals surface area contributed by atoms with Gasteiger partial charge in [-0.3, -0.25) is 4.79 Å². The molecule has 1 saturated heterocycles. The molecule has 0 spiro atoms. The molecule has 1 aliphatic heterocycles. The van der Waals surface area contributed by atoms with Crippen molar-refractivity contribution in [3.63, 3.8) is 0 Å². The number of carbonyl (C=O) groups excluding carboxylic acids is 1. The van der Waals surface area contributed by atoms with E-state index in [4.69, 9.17) is 14.6 Å². The van der Waals surface area contributed by atoms with Crippen molar-refractivity contribution in [2.24, 2.45) is 0 Å². The Hall–Kier alpha value is -2.08. The third-order valence-corrected chi connectivity index (χ3v) is 3.27. The summed E-state index contributed by atoms with van der Waals surface area (Å²) in [4.78, 5) is 24.8. The van der Waals surface area contributed by atoms with Gasteiger partial charge in [-0.05, 0) is 6.07 Å². The first-order chi connectivity index (χ1) is 9.63. The number of methoxy groups -OCH3 is 1. The van der Waals surface area contributed by atoms with Gasteiger partial charge in [-0.15, -0.1) is 0 Å². The molecule has 1 atom stereocenters. The number of rotatable bonds is 4. The standard InChI is InChI=1S/C14H17NO5/c1-19-12-5-3-2-4-10(12)8-13(16)15-6-7-20-9-11(15)14(17)18/h2-5,11H,6-9H2,1H3,(H,17,18)/t11-/m1/s1. The van der Waals surface area contributed by atoms with Crippen molar-refractivity contribution in [1.82, 2.24) is 4.90 Å². The largest absolute Gasteiger partial charge is 0.496 e. The zero-order valence-electron chi connectivity index (χ0n) is 11.2. The van der Waals surface area contributed by atoms with Gasteiger partial charge in [-0.25, -0.2) is 4.79 Å². The predicted molar refractivity (Wildman–Crippen MR) is 70.7 cm³/mol. The molecule has 1 fully saturated rings. The number of hydrogen-bond acceptors (Lipinski definition) is 4. The lowest BCUT2D eigenvalue weighted by atomic mass is 10.1. The number of carboxylic acid groups (broad SMARTS) is 1. The summed E-state index contributed by atoms with van der Waals surface area (Å²) in [5, 5.41) is 9.13. The van der Waals surface area contributed by atoms with Gasteiger partial charge >= 0.3 is 5.97 Å². The summed E-state index contributed by atoms with van der Waals surface area (Å²) in [5.74, 6) is -0.649. The van der Waals surface area contributed by atoms with E-state index in [0.29, 0.717) is 18.9 Å². The second-order valence-electron chi connectivity index (χ2n) is 4.50. The third-order valence-electron chi connectivity index (χ3n) is 3.27. The Morgan fingerprint density at radius 1 is 1.45 bits per heavy atom. The number of nitrogens with zero attached hydrogens (tertiary/aromatic N) is 1. The molecule has 0 aliphatic carbocycles. The minimum atomic E-state index is -1.04. The molecule has 0 aromatic heterocycles. The fourth-order valence-corrected chi connectivity index (χ4v) is 2.22. The summed E-state index contributed by atoms with van der Waals surface area (Å²) in [6.07, 6.45) is 0.119. The van der Waals surface area contributed by atoms with Gasteiger partial charge in [0.1, 0.15) is 5.75 Å². The average Bonchev–Trinajstić information content (AvgIpc) is 2.47. The average molecular weight is 279 g/mol. The monoisotopic (exact) mass is 279 g/mol. The molecule has 1 aliphatic rings. The van der Waals surface area contributed by atoms with E-state index >= 15 is 0 Å². The van der Waals surface area contributed by atoms with Crippen molar-refractivity contribution in [2.45, 2.75) is 12.5 Å². The molecule has 1 heterocycles. The van der Waals surface area contributed by atoms with Crippen LogP contribution in [0.25, 0.3) is 0 Å². The van der Waals surface area contributed by atoms with Crippen LogP contribution in [0.3, 0.4) is 0 Å². The van der Waals surface area contributed by atoms with Gasteiger partial charge in [0.15, 0.2) is 6.04 Å². The zero-order valence-corrected chi connectivity index (χ0v) is 11.2. The van der Waals surface area contributed by atoms with Crippen LogP contribution in [0, 0.1) is 0 Å². The highest BCUT2D eigenvalue weighted by Gasteiger charge is 2.32. The molecule has 20 heavy (non-hydrogen) atoms. The molecular formula is C14H17NO5. The maximum absolute atomic E-state index is 12.3. The predicted octanol–water partition coefficient (Wildman–Crippen LogP) is 0.550. The highest BCUT2D eigenvalue weighted by atomic mass is 16.5. The van der Waals surface area contributed by atoms with Crippen molar-refractivity contribution in [1.29, 1.82) is 0 Å². The molecule has 1 amide bonds. The molecule has 1 aromatic carbocycles. The molecular weight excluding hydrogens is 262 g/mol. The van der Waals surface area contributed by atoms with Gasteiger partial charge in [0.25, 0.3) is 0 Å². The fraction of sp³-hybridized carbons (Fsp3) is 0.429. The van der Waals surface area contributed by atoms with E-state index in [-0.39, 0.29) is 18.9 Å². The Morgan fingerprint density at radius 3 is 2.90 bits per heavy atom. The number of carbonyl (C=O) groups is 2. The normalized spacial score (nSPS) is 18.6. The molecule has 108 valence electrons. The number of aliphatic carboxylic acids is 1. The van der Waals surface area contributed by atoms with E-state index in [0.717, 1.165) is 5.56 Å². The quantitative estimate of drug-likeness (QED) is 0.871. The molecule has 0 bridgehead atoms. The molecule has 1 aromatic rings. The fourth-order valence-electron chi connectivity index (χ4n) is 2.22. The van der Waals surface area contributed by atoms with Crippen LogP contribution in [0.4, 0.5) is 0 Å². The van der Waals surface area contributed by atoms with Crippen LogP contribution in [0.15, 0.2) is 24.3 Å². The van der Waals surface area contributed by atoms with Crippen molar-refractivity contribution in [2.75, 3.05) is 26.9 Å². The molecule has 6 nitrogen and oxygen atoms in total. The Kier molecular flexibility index (Phi) is 4.57. The summed E-state index contributed by atoms with van der Waals surface area (Å²) in [7, 11) is 1.54. The van der Waals surface area contributed by atoms with Gasteiger partial charge in [-0.2, -0.15) is 0 Å². The number of hydrogen-bond donors (Lipinski definition) is 1. The van der Waals surface area contributed by atoms with E-state index in [9.17, 15) is 9.59 Å². The molecule has 0 saturated carbocycles. The van der Waals surface area contributed by atoms with Crippen LogP contribution < -0.4 is 4.74 Å². The van der Waals surface area contributed by atoms with Crippen LogP contribution in [-0.2, 0) is 20.7 Å². The van der Waals surface area contributed by atoms with Gasteiger partial charge in [0.2, 0.25) is 5.91 Å². The van der Waals surface area contributed by atoms with Crippen LogP contribution in [0.2, 0.25) is 0 Å². The van der Waals surface area contributed by atoms with Crippen molar-refractivity contribution < 1.29 is 24.2 Å². The smallest absolute Gasteiger partial charge is 0.328 e. The number of amides is 1. The van der Waals surface area contributed by atoms with Crippen LogP contribution >= 0.6 is 0 Å². The van der Waals surface area contributed by atoms with Crippen molar-refractivity contribution >= 4 is 11.9 Å². The maximum atomic E-state index is 12.3. The van der Waals surface area contributed by atoms with E-state index in [1.165, 1.54) is 12.0 Å². The van der Waals surface area contributed by atoms with Crippen LogP contribution in [0.5, 0.6) is 5.75 Å². The number of carboxylic acids is 1. The van der Waals surface area contributed by atoms with Crippen LogP contribution in [0.1, 0.15) is 5.56 Å². The highest BCUT2D eigenvalue weighted by molar-refractivity contribution is 5.85. The Morgan fingerprint density at radius 2 is 2.20 bits per heavy atom. The molecule has 2 rings (SSSR count). The first-order valence-electron chi connectivity index (χ1n) is 6.35. The van der Waals surface area contributed by atoms with E-state index in [2.05, 4.69) is 0 Å². The first kappa shape index (κ1) is 14.3. The highest BCUT2D eigenvalue weighted by Crippen LogP contribution is 2.19. The minimum absolute atomic E-state index is 0.0347. The maximum Gasteiger partial charge on any atom is 0.328 e. The van der Waals surface area contributed by atoms with Gasteiger partial charge < -0.3 is 19.5 Å². The number of para-hydroxylation sites is 1. The number of benzene rings is 1. The number of ether oxygens (including phenoxy) is 2. The van der Waals surface area contributed by atoms with E-state index in [1.807, 2.05) is 12.1 Å². The van der Waals surface area contributed by atoms with Gasteiger partial charge in [0, 0.05) is 12.1 Å². The second-order valence-corrected chi connectivity index (χ2v) is 4.50. The van der Waals surface area contributed by atoms with Gasteiger partial charge in [-0.1, -0.05) is 18.2 Å². The van der Waals surface area contributed by atoms with E-state index < -0.39 is 12.0 Å². The molecule has 1 N–H and O–H groups in total. The zero-order chi connectivity index (χ0) is 14.5.